The van der Waals surface area contributed by atoms with Crippen molar-refractivity contribution in [2.75, 3.05) is 0 Å². The van der Waals surface area contributed by atoms with Gasteiger partial charge in [0.25, 0.3) is 0 Å². The lowest BCUT2D eigenvalue weighted by atomic mass is 9.61. The summed E-state index contributed by atoms with van der Waals surface area (Å²) in [7, 11) is 0. The van der Waals surface area contributed by atoms with E-state index in [0.29, 0.717) is 17.1 Å². The minimum atomic E-state index is 0.372. The molecular formula is C8H12O. The molecule has 2 atom stereocenters. The van der Waals surface area contributed by atoms with Gasteiger partial charge in [0.15, 0.2) is 0 Å². The molecule has 0 aromatic rings. The maximum absolute atomic E-state index is 11.0. The summed E-state index contributed by atoms with van der Waals surface area (Å²) in [6.45, 7) is 4.44. The molecule has 0 aromatic carbocycles. The van der Waals surface area contributed by atoms with Crippen LogP contribution in [0, 0.1) is 17.3 Å². The highest BCUT2D eigenvalue weighted by molar-refractivity contribution is 5.87. The zero-order chi connectivity index (χ0) is 6.65. The maximum atomic E-state index is 11.0. The van der Waals surface area contributed by atoms with E-state index in [1.165, 1.54) is 6.42 Å². The zero-order valence-corrected chi connectivity index (χ0v) is 5.98. The first-order chi connectivity index (χ1) is 4.12. The van der Waals surface area contributed by atoms with Crippen LogP contribution in [0.2, 0.25) is 0 Å². The molecule has 1 heteroatoms. The minimum Gasteiger partial charge on any atom is -0.299 e. The Labute approximate surface area is 55.4 Å². The molecule has 0 aromatic heterocycles. The lowest BCUT2D eigenvalue weighted by Gasteiger charge is -2.42. The standard InChI is InChI=1S/C8H12O/c1-8(2)5-3-6(8)7(9)4-5/h5-6H,3-4H2,1-2H3/t5-,6+/m1/s1. The van der Waals surface area contributed by atoms with Gasteiger partial charge in [0.05, 0.1) is 0 Å². The fourth-order valence-electron chi connectivity index (χ4n) is 2.29. The number of Topliss-reactive ketones (excluding diaryl/α,β-unsaturated/α-hetero) is 1. The van der Waals surface area contributed by atoms with Crippen molar-refractivity contribution in [1.82, 2.24) is 0 Å². The van der Waals surface area contributed by atoms with Gasteiger partial charge in [-0.1, -0.05) is 13.8 Å². The highest BCUT2D eigenvalue weighted by atomic mass is 16.1. The van der Waals surface area contributed by atoms with Crippen LogP contribution >= 0.6 is 0 Å². The Bertz CT molecular complexity index is 169. The normalized spacial score (nSPS) is 44.9. The van der Waals surface area contributed by atoms with E-state index in [1.54, 1.807) is 0 Å². The van der Waals surface area contributed by atoms with E-state index in [0.717, 1.165) is 12.3 Å². The topological polar surface area (TPSA) is 17.1 Å². The predicted octanol–water partition coefficient (Wildman–Crippen LogP) is 1.62. The summed E-state index contributed by atoms with van der Waals surface area (Å²) in [4.78, 5) is 11.0. The molecule has 2 bridgehead atoms. The van der Waals surface area contributed by atoms with Crippen LogP contribution in [-0.2, 0) is 4.79 Å². The second kappa shape index (κ2) is 1.23. The van der Waals surface area contributed by atoms with Crippen LogP contribution in [0.15, 0.2) is 0 Å². The van der Waals surface area contributed by atoms with Crippen molar-refractivity contribution in [2.24, 2.45) is 17.3 Å². The van der Waals surface area contributed by atoms with Crippen LogP contribution in [0.3, 0.4) is 0 Å². The summed E-state index contributed by atoms with van der Waals surface area (Å²) in [5.41, 5.74) is 0.372. The summed E-state index contributed by atoms with van der Waals surface area (Å²) in [6, 6.07) is 0. The first kappa shape index (κ1) is 5.45. The molecule has 3 aliphatic rings. The van der Waals surface area contributed by atoms with Crippen LogP contribution in [-0.4, -0.2) is 5.78 Å². The van der Waals surface area contributed by atoms with Crippen molar-refractivity contribution in [1.29, 1.82) is 0 Å². The molecular weight excluding hydrogens is 112 g/mol. The van der Waals surface area contributed by atoms with Crippen LogP contribution in [0.4, 0.5) is 0 Å². The van der Waals surface area contributed by atoms with E-state index in [9.17, 15) is 4.79 Å². The Morgan fingerprint density at radius 1 is 1.56 bits per heavy atom. The van der Waals surface area contributed by atoms with Gasteiger partial charge in [-0.25, -0.2) is 0 Å². The van der Waals surface area contributed by atoms with E-state index in [1.807, 2.05) is 0 Å². The predicted molar refractivity (Wildman–Crippen MR) is 35.0 cm³/mol. The summed E-state index contributed by atoms with van der Waals surface area (Å²) in [6.07, 6.45) is 2.06. The molecule has 0 spiro atoms. The molecule has 0 amide bonds. The van der Waals surface area contributed by atoms with Crippen LogP contribution in [0.1, 0.15) is 26.7 Å². The zero-order valence-electron chi connectivity index (χ0n) is 5.98. The van der Waals surface area contributed by atoms with Gasteiger partial charge >= 0.3 is 0 Å². The highest BCUT2D eigenvalue weighted by Gasteiger charge is 2.57. The van der Waals surface area contributed by atoms with Gasteiger partial charge < -0.3 is 0 Å². The lowest BCUT2D eigenvalue weighted by Crippen LogP contribution is -2.38. The smallest absolute Gasteiger partial charge is 0.136 e. The number of carbonyl (C=O) groups excluding carboxylic acids is 1. The third-order valence-corrected chi connectivity index (χ3v) is 3.31. The van der Waals surface area contributed by atoms with Crippen molar-refractivity contribution in [2.45, 2.75) is 26.7 Å². The van der Waals surface area contributed by atoms with Crippen LogP contribution in [0.25, 0.3) is 0 Å². The molecule has 0 radical (unpaired) electrons. The SMILES string of the molecule is CC1(C)[C@H]2CC(=O)[C@@H]1C2. The van der Waals surface area contributed by atoms with Crippen molar-refractivity contribution in [3.8, 4) is 0 Å². The first-order valence-corrected chi connectivity index (χ1v) is 3.65. The fraction of sp³-hybridized carbons (Fsp3) is 0.875. The van der Waals surface area contributed by atoms with Gasteiger partial charge in [0, 0.05) is 12.3 Å². The largest absolute Gasteiger partial charge is 0.299 e. The number of hydrogen-bond acceptors (Lipinski definition) is 1. The van der Waals surface area contributed by atoms with Crippen molar-refractivity contribution < 1.29 is 4.79 Å². The van der Waals surface area contributed by atoms with E-state index in [-0.39, 0.29) is 0 Å². The van der Waals surface area contributed by atoms with Gasteiger partial charge in [-0.15, -0.1) is 0 Å². The number of fused-ring (bicyclic) bond motifs is 1. The average Bonchev–Trinajstić information content (AvgIpc) is 2.20. The Hall–Kier alpha value is -0.330. The summed E-state index contributed by atoms with van der Waals surface area (Å²) >= 11 is 0. The van der Waals surface area contributed by atoms with Crippen molar-refractivity contribution in [3.63, 3.8) is 0 Å². The number of rotatable bonds is 0. The second-order valence-electron chi connectivity index (χ2n) is 3.98. The second-order valence-corrected chi connectivity index (χ2v) is 3.98. The van der Waals surface area contributed by atoms with E-state index >= 15 is 0 Å². The van der Waals surface area contributed by atoms with Crippen molar-refractivity contribution in [3.05, 3.63) is 0 Å². The molecule has 0 heterocycles. The van der Waals surface area contributed by atoms with E-state index in [4.69, 9.17) is 0 Å². The van der Waals surface area contributed by atoms with E-state index < -0.39 is 0 Å². The Morgan fingerprint density at radius 3 is 2.33 bits per heavy atom. The Morgan fingerprint density at radius 2 is 2.22 bits per heavy atom. The van der Waals surface area contributed by atoms with Gasteiger partial charge in [0.2, 0.25) is 0 Å². The average molecular weight is 124 g/mol. The number of hydrogen-bond donors (Lipinski definition) is 0. The highest BCUT2D eigenvalue weighted by Crippen LogP contribution is 2.59. The molecule has 0 aliphatic heterocycles. The third kappa shape index (κ3) is 0.440. The van der Waals surface area contributed by atoms with Crippen molar-refractivity contribution >= 4 is 5.78 Å². The lowest BCUT2D eigenvalue weighted by molar-refractivity contribution is -0.122. The van der Waals surface area contributed by atoms with Gasteiger partial charge in [-0.2, -0.15) is 0 Å². The molecule has 0 saturated heterocycles. The molecule has 3 aliphatic carbocycles. The monoisotopic (exact) mass is 124 g/mol. The molecule has 9 heavy (non-hydrogen) atoms. The van der Waals surface area contributed by atoms with Gasteiger partial charge in [0.1, 0.15) is 5.78 Å². The quantitative estimate of drug-likeness (QED) is 0.479. The molecule has 3 saturated carbocycles. The number of carbonyl (C=O) groups is 1. The minimum absolute atomic E-state index is 0.372. The van der Waals surface area contributed by atoms with Gasteiger partial charge in [-0.05, 0) is 17.8 Å². The molecule has 1 nitrogen and oxygen atoms in total. The maximum Gasteiger partial charge on any atom is 0.136 e. The molecule has 50 valence electrons. The molecule has 0 N–H and O–H groups in total. The molecule has 0 unspecified atom stereocenters. The van der Waals surface area contributed by atoms with Gasteiger partial charge in [-0.3, -0.25) is 4.79 Å². The first-order valence-electron chi connectivity index (χ1n) is 3.65. The van der Waals surface area contributed by atoms with Crippen LogP contribution in [0.5, 0.6) is 0 Å². The Kier molecular flexibility index (Phi) is 0.744. The third-order valence-electron chi connectivity index (χ3n) is 3.31. The van der Waals surface area contributed by atoms with E-state index in [2.05, 4.69) is 13.8 Å². The summed E-state index contributed by atoms with van der Waals surface area (Å²) in [5, 5.41) is 0. The number of ketones is 1. The molecule has 3 fully saturated rings. The van der Waals surface area contributed by atoms with Crippen LogP contribution < -0.4 is 0 Å². The molecule has 3 rings (SSSR count). The summed E-state index contributed by atoms with van der Waals surface area (Å²) in [5.74, 6) is 1.68. The Balaban J connectivity index is 2.31. The fourth-order valence-corrected chi connectivity index (χ4v) is 2.29. The summed E-state index contributed by atoms with van der Waals surface area (Å²) < 4.78 is 0.